The van der Waals surface area contributed by atoms with Crippen molar-refractivity contribution in [3.63, 3.8) is 0 Å². The summed E-state index contributed by atoms with van der Waals surface area (Å²) in [6, 6.07) is 4.45. The molecule has 2 heterocycles. The van der Waals surface area contributed by atoms with Crippen LogP contribution in [0.4, 0.5) is 0 Å². The molecular weight excluding hydrogens is 431 g/mol. The van der Waals surface area contributed by atoms with Crippen LogP contribution in [0.5, 0.6) is 23.0 Å². The van der Waals surface area contributed by atoms with Gasteiger partial charge in [-0.15, -0.1) is 0 Å². The smallest absolute Gasteiger partial charge is 0.427 e. The van der Waals surface area contributed by atoms with E-state index in [0.29, 0.717) is 11.8 Å². The van der Waals surface area contributed by atoms with Crippen molar-refractivity contribution in [1.29, 1.82) is 0 Å². The van der Waals surface area contributed by atoms with Gasteiger partial charge in [0.15, 0.2) is 0 Å². The number of benzene rings is 2. The van der Waals surface area contributed by atoms with Gasteiger partial charge in [-0.2, -0.15) is 0 Å². The molecule has 2 aromatic carbocycles. The third-order valence-electron chi connectivity index (χ3n) is 8.24. The average Bonchev–Trinajstić information content (AvgIpc) is 2.82. The third kappa shape index (κ3) is 3.70. The quantitative estimate of drug-likeness (QED) is 0.354. The molecular formula is C28H35O4P. The average molecular weight is 467 g/mol. The molecule has 0 aromatic heterocycles. The number of hydrogen-bond acceptors (Lipinski definition) is 4. The highest BCUT2D eigenvalue weighted by atomic mass is 31.2. The first-order chi connectivity index (χ1) is 15.9. The van der Waals surface area contributed by atoms with Crippen LogP contribution in [0.2, 0.25) is 0 Å². The van der Waals surface area contributed by atoms with Crippen LogP contribution in [0.25, 0.3) is 0 Å². The van der Waals surface area contributed by atoms with Crippen LogP contribution >= 0.6 is 7.60 Å². The molecule has 2 bridgehead atoms. The second kappa shape index (κ2) is 8.08. The summed E-state index contributed by atoms with van der Waals surface area (Å²) < 4.78 is 33.1. The first-order valence-electron chi connectivity index (χ1n) is 12.9. The highest BCUT2D eigenvalue weighted by Gasteiger charge is 2.39. The van der Waals surface area contributed by atoms with E-state index in [0.717, 1.165) is 77.4 Å². The predicted molar refractivity (Wildman–Crippen MR) is 132 cm³/mol. The Bertz CT molecular complexity index is 1070. The molecule has 2 fully saturated rings. The molecule has 2 aliphatic carbocycles. The molecule has 0 amide bonds. The Morgan fingerprint density at radius 3 is 1.55 bits per heavy atom. The number of hydrogen-bond donors (Lipinski definition) is 0. The van der Waals surface area contributed by atoms with Gasteiger partial charge in [-0.1, -0.05) is 38.5 Å². The molecule has 2 aromatic rings. The molecule has 5 heteroatoms. The Kier molecular flexibility index (Phi) is 5.29. The highest BCUT2D eigenvalue weighted by molar-refractivity contribution is 7.53. The van der Waals surface area contributed by atoms with Crippen LogP contribution in [0, 0.1) is 13.8 Å². The summed E-state index contributed by atoms with van der Waals surface area (Å²) in [6.45, 7) is 5.92. The summed E-state index contributed by atoms with van der Waals surface area (Å²) in [6.07, 6.45) is 13.0. The second-order valence-corrected chi connectivity index (χ2v) is 12.6. The highest BCUT2D eigenvalue weighted by Crippen LogP contribution is 2.60. The summed E-state index contributed by atoms with van der Waals surface area (Å²) in [5.74, 6) is 4.22. The summed E-state index contributed by atoms with van der Waals surface area (Å²) in [4.78, 5) is 0. The Balaban J connectivity index is 1.55. The lowest BCUT2D eigenvalue weighted by molar-refractivity contribution is 0.357. The van der Waals surface area contributed by atoms with Crippen molar-refractivity contribution >= 4 is 7.60 Å². The van der Waals surface area contributed by atoms with Gasteiger partial charge in [-0.05, 0) is 85.8 Å². The molecule has 2 aliphatic heterocycles. The lowest BCUT2D eigenvalue weighted by Crippen LogP contribution is -2.18. The van der Waals surface area contributed by atoms with E-state index in [1.807, 2.05) is 0 Å². The van der Waals surface area contributed by atoms with Crippen molar-refractivity contribution < 1.29 is 18.3 Å². The second-order valence-electron chi connectivity index (χ2n) is 10.7. The van der Waals surface area contributed by atoms with E-state index >= 15 is 0 Å². The fourth-order valence-electron chi connectivity index (χ4n) is 6.64. The van der Waals surface area contributed by atoms with Crippen molar-refractivity contribution in [3.05, 3.63) is 45.5 Å². The molecule has 0 spiro atoms. The topological polar surface area (TPSA) is 44.8 Å². The van der Waals surface area contributed by atoms with Gasteiger partial charge in [0.2, 0.25) is 0 Å². The van der Waals surface area contributed by atoms with Crippen LogP contribution in [0.15, 0.2) is 12.1 Å². The molecule has 0 atom stereocenters. The Labute approximate surface area is 197 Å². The maximum Gasteiger partial charge on any atom is 0.427 e. The summed E-state index contributed by atoms with van der Waals surface area (Å²) in [7, 11) is -3.36. The number of aryl methyl sites for hydroxylation is 2. The SMILES string of the molecule is Cc1cc(C2CCCCC2)c2c3c1Oc1c(C)cc(C4CCCCC4)c(c1C3)OP(C)(=O)O2. The van der Waals surface area contributed by atoms with Crippen molar-refractivity contribution in [1.82, 2.24) is 0 Å². The van der Waals surface area contributed by atoms with E-state index in [-0.39, 0.29) is 0 Å². The van der Waals surface area contributed by atoms with E-state index in [1.54, 1.807) is 6.66 Å². The summed E-state index contributed by atoms with van der Waals surface area (Å²) in [5, 5.41) is 0. The molecule has 6 rings (SSSR count). The molecule has 4 aliphatic rings. The molecule has 176 valence electrons. The number of ether oxygens (including phenoxy) is 1. The fraction of sp³-hybridized carbons (Fsp3) is 0.571. The van der Waals surface area contributed by atoms with Crippen molar-refractivity contribution in [2.75, 3.05) is 6.66 Å². The van der Waals surface area contributed by atoms with Gasteiger partial charge in [0.25, 0.3) is 0 Å². The minimum absolute atomic E-state index is 0.452. The third-order valence-corrected chi connectivity index (χ3v) is 9.27. The van der Waals surface area contributed by atoms with Gasteiger partial charge in [0, 0.05) is 17.5 Å². The molecule has 4 nitrogen and oxygen atoms in total. The van der Waals surface area contributed by atoms with Gasteiger partial charge in [0.1, 0.15) is 23.0 Å². The predicted octanol–water partition coefficient (Wildman–Crippen LogP) is 8.69. The van der Waals surface area contributed by atoms with Gasteiger partial charge in [-0.3, -0.25) is 0 Å². The zero-order chi connectivity index (χ0) is 22.7. The molecule has 0 unspecified atom stereocenters. The van der Waals surface area contributed by atoms with Crippen LogP contribution < -0.4 is 13.8 Å². The van der Waals surface area contributed by atoms with Gasteiger partial charge < -0.3 is 13.8 Å². The first kappa shape index (κ1) is 21.6. The van der Waals surface area contributed by atoms with Gasteiger partial charge in [-0.25, -0.2) is 4.57 Å². The lowest BCUT2D eigenvalue weighted by atomic mass is 9.79. The molecule has 0 N–H and O–H groups in total. The molecule has 0 saturated heterocycles. The number of rotatable bonds is 2. The van der Waals surface area contributed by atoms with Crippen molar-refractivity contribution in [2.45, 2.75) is 96.3 Å². The van der Waals surface area contributed by atoms with E-state index in [4.69, 9.17) is 13.8 Å². The zero-order valence-electron chi connectivity index (χ0n) is 20.2. The molecule has 2 saturated carbocycles. The molecule has 33 heavy (non-hydrogen) atoms. The maximum atomic E-state index is 13.8. The summed E-state index contributed by atoms with van der Waals surface area (Å²) >= 11 is 0. The van der Waals surface area contributed by atoms with Crippen LogP contribution in [0.3, 0.4) is 0 Å². The molecule has 0 radical (unpaired) electrons. The largest absolute Gasteiger partial charge is 0.456 e. The van der Waals surface area contributed by atoms with E-state index in [9.17, 15) is 4.57 Å². The van der Waals surface area contributed by atoms with E-state index in [2.05, 4.69) is 26.0 Å². The zero-order valence-corrected chi connectivity index (χ0v) is 21.1. The van der Waals surface area contributed by atoms with Gasteiger partial charge in [0.05, 0.1) is 6.66 Å². The maximum absolute atomic E-state index is 13.8. The monoisotopic (exact) mass is 466 g/mol. The minimum Gasteiger partial charge on any atom is -0.456 e. The Morgan fingerprint density at radius 2 is 1.12 bits per heavy atom. The van der Waals surface area contributed by atoms with Crippen LogP contribution in [-0.4, -0.2) is 6.66 Å². The summed E-state index contributed by atoms with van der Waals surface area (Å²) in [5.41, 5.74) is 6.82. The van der Waals surface area contributed by atoms with E-state index in [1.165, 1.54) is 49.7 Å². The standard InChI is InChI=1S/C28H35O4P/c1-17-14-21(19-10-6-4-7-11-19)27-23-16-24-26(30-25(17)23)18(2)15-22(20-12-8-5-9-13-20)28(24)32-33(3,29)31-27/h14-15,19-20H,4-13,16H2,1-3H3. The Morgan fingerprint density at radius 1 is 0.697 bits per heavy atom. The normalized spacial score (nSPS) is 21.9. The van der Waals surface area contributed by atoms with Crippen LogP contribution in [-0.2, 0) is 11.0 Å². The van der Waals surface area contributed by atoms with E-state index < -0.39 is 7.60 Å². The van der Waals surface area contributed by atoms with Crippen molar-refractivity contribution in [2.24, 2.45) is 0 Å². The fourth-order valence-corrected chi connectivity index (χ4v) is 7.77. The van der Waals surface area contributed by atoms with Crippen molar-refractivity contribution in [3.8, 4) is 23.0 Å². The Hall–Kier alpha value is -1.93. The van der Waals surface area contributed by atoms with Gasteiger partial charge >= 0.3 is 7.60 Å². The lowest BCUT2D eigenvalue weighted by Gasteiger charge is -2.36. The minimum atomic E-state index is -3.36. The first-order valence-corrected chi connectivity index (χ1v) is 14.9. The van der Waals surface area contributed by atoms with Crippen LogP contribution in [0.1, 0.15) is 109 Å².